The van der Waals surface area contributed by atoms with Crippen LogP contribution in [0.25, 0.3) is 10.9 Å². The van der Waals surface area contributed by atoms with Gasteiger partial charge in [0.15, 0.2) is 0 Å². The molecule has 4 N–H and O–H groups in total. The first-order valence-corrected chi connectivity index (χ1v) is 12.5. The maximum absolute atomic E-state index is 11.1. The van der Waals surface area contributed by atoms with Gasteiger partial charge >= 0.3 is 0 Å². The van der Waals surface area contributed by atoms with Crippen molar-refractivity contribution >= 4 is 38.9 Å². The molecule has 0 radical (unpaired) electrons. The Kier molecular flexibility index (Phi) is 6.55. The Morgan fingerprint density at radius 2 is 1.97 bits per heavy atom. The van der Waals surface area contributed by atoms with Crippen LogP contribution in [0, 0.1) is 6.92 Å². The number of hydrogen-bond donors (Lipinski definition) is 4. The lowest BCUT2D eigenvalue weighted by Gasteiger charge is -2.32. The molecule has 1 aliphatic rings. The monoisotopic (exact) mass is 454 g/mol. The van der Waals surface area contributed by atoms with Crippen molar-refractivity contribution < 1.29 is 13.9 Å². The van der Waals surface area contributed by atoms with E-state index in [1.807, 2.05) is 42.5 Å². The van der Waals surface area contributed by atoms with Crippen LogP contribution in [-0.4, -0.2) is 45.4 Å². The van der Waals surface area contributed by atoms with E-state index >= 15 is 0 Å². The molecule has 7 nitrogen and oxygen atoms in total. The van der Waals surface area contributed by atoms with Crippen LogP contribution in [0.3, 0.4) is 0 Å². The summed E-state index contributed by atoms with van der Waals surface area (Å²) in [6, 6.07) is 15.8. The fraction of sp³-hybridized carbons (Fsp3) is 0.333. The molecule has 170 valence electrons. The number of fused-ring (bicyclic) bond motifs is 2. The summed E-state index contributed by atoms with van der Waals surface area (Å²) in [5.74, 6) is 1.05. The highest BCUT2D eigenvalue weighted by Gasteiger charge is 2.26. The lowest BCUT2D eigenvalue weighted by molar-refractivity contribution is -0.118. The van der Waals surface area contributed by atoms with Gasteiger partial charge in [0.2, 0.25) is 5.91 Å². The van der Waals surface area contributed by atoms with Crippen LogP contribution in [-0.2, 0) is 11.3 Å². The second-order valence-corrected chi connectivity index (χ2v) is 10.4. The zero-order chi connectivity index (χ0) is 22.7. The second kappa shape index (κ2) is 9.36. The SMILES string of the molecule is CC(=O)NCCCNc1cc(N2CCS(O)(O)c3ccccc3C2)nc2ccc(C)cc12. The van der Waals surface area contributed by atoms with Gasteiger partial charge in [-0.05, 0) is 37.1 Å². The zero-order valence-corrected chi connectivity index (χ0v) is 19.3. The highest BCUT2D eigenvalue weighted by molar-refractivity contribution is 8.24. The summed E-state index contributed by atoms with van der Waals surface area (Å²) >= 11 is 0. The van der Waals surface area contributed by atoms with Crippen LogP contribution < -0.4 is 15.5 Å². The molecule has 0 saturated carbocycles. The molecule has 0 atom stereocenters. The van der Waals surface area contributed by atoms with Crippen molar-refractivity contribution in [3.05, 3.63) is 59.7 Å². The van der Waals surface area contributed by atoms with E-state index in [1.165, 1.54) is 6.92 Å². The van der Waals surface area contributed by atoms with Crippen molar-refractivity contribution in [2.24, 2.45) is 0 Å². The molecule has 0 saturated heterocycles. The highest BCUT2D eigenvalue weighted by atomic mass is 32.3. The van der Waals surface area contributed by atoms with Gasteiger partial charge in [-0.25, -0.2) is 4.98 Å². The molecule has 8 heteroatoms. The molecule has 4 rings (SSSR count). The number of nitrogens with zero attached hydrogens (tertiary/aromatic N) is 2. The van der Waals surface area contributed by atoms with Gasteiger partial charge < -0.3 is 15.5 Å². The molecule has 0 unspecified atom stereocenters. The summed E-state index contributed by atoms with van der Waals surface area (Å²) in [5.41, 5.74) is 3.95. The smallest absolute Gasteiger partial charge is 0.216 e. The van der Waals surface area contributed by atoms with E-state index in [-0.39, 0.29) is 11.7 Å². The number of aryl methyl sites for hydroxylation is 1. The molecule has 2 aromatic carbocycles. The van der Waals surface area contributed by atoms with E-state index in [0.29, 0.717) is 24.5 Å². The Morgan fingerprint density at radius 1 is 1.16 bits per heavy atom. The van der Waals surface area contributed by atoms with Crippen LogP contribution in [0.15, 0.2) is 53.4 Å². The summed E-state index contributed by atoms with van der Waals surface area (Å²) in [5, 5.41) is 7.38. The second-order valence-electron chi connectivity index (χ2n) is 8.21. The van der Waals surface area contributed by atoms with Gasteiger partial charge in [-0.15, -0.1) is 0 Å². The molecule has 0 bridgehead atoms. The third-order valence-electron chi connectivity index (χ3n) is 5.65. The first-order valence-electron chi connectivity index (χ1n) is 10.8. The molecule has 1 aliphatic heterocycles. The number of anilines is 2. The molecule has 3 aromatic rings. The summed E-state index contributed by atoms with van der Waals surface area (Å²) < 4.78 is 21.4. The molecule has 1 aromatic heterocycles. The van der Waals surface area contributed by atoms with Crippen LogP contribution in [0.1, 0.15) is 24.5 Å². The van der Waals surface area contributed by atoms with Crippen LogP contribution >= 0.6 is 10.6 Å². The third kappa shape index (κ3) is 4.98. The van der Waals surface area contributed by atoms with Crippen LogP contribution in [0.5, 0.6) is 0 Å². The Balaban J connectivity index is 1.64. The largest absolute Gasteiger partial charge is 0.384 e. The van der Waals surface area contributed by atoms with Gasteiger partial charge in [-0.3, -0.25) is 13.9 Å². The fourth-order valence-electron chi connectivity index (χ4n) is 3.99. The predicted molar refractivity (Wildman–Crippen MR) is 132 cm³/mol. The number of rotatable bonds is 6. The number of aromatic nitrogens is 1. The standard InChI is InChI=1S/C24H30N4O3S/c1-17-8-9-21-20(14-17)22(26-11-5-10-25-18(2)29)15-24(27-21)28-12-13-32(30,31)23-7-4-3-6-19(23)16-28/h3-4,6-9,14-15,30-31H,5,10-13,16H2,1-2H3,(H,25,29)(H,26,27). The van der Waals surface area contributed by atoms with Gasteiger partial charge in [-0.2, -0.15) is 10.6 Å². The summed E-state index contributed by atoms with van der Waals surface area (Å²) in [6.45, 7) is 5.99. The zero-order valence-electron chi connectivity index (χ0n) is 18.5. The van der Waals surface area contributed by atoms with Gasteiger partial charge in [0, 0.05) is 50.2 Å². The van der Waals surface area contributed by atoms with E-state index in [4.69, 9.17) is 4.98 Å². The maximum atomic E-state index is 11.1. The topological polar surface area (TPSA) is 97.7 Å². The number of hydrogen-bond acceptors (Lipinski definition) is 6. The van der Waals surface area contributed by atoms with Crippen molar-refractivity contribution in [3.8, 4) is 0 Å². The van der Waals surface area contributed by atoms with Crippen LogP contribution in [0.4, 0.5) is 11.5 Å². The van der Waals surface area contributed by atoms with E-state index < -0.39 is 10.6 Å². The predicted octanol–water partition coefficient (Wildman–Crippen LogP) is 4.61. The van der Waals surface area contributed by atoms with Crippen molar-refractivity contribution in [1.82, 2.24) is 10.3 Å². The molecule has 1 amide bonds. The van der Waals surface area contributed by atoms with Gasteiger partial charge in [-0.1, -0.05) is 29.8 Å². The third-order valence-corrected chi connectivity index (χ3v) is 7.50. The van der Waals surface area contributed by atoms with Crippen molar-refractivity contribution in [2.75, 3.05) is 35.6 Å². The van der Waals surface area contributed by atoms with E-state index in [2.05, 4.69) is 28.5 Å². The van der Waals surface area contributed by atoms with Gasteiger partial charge in [0.05, 0.1) is 16.2 Å². The highest BCUT2D eigenvalue weighted by Crippen LogP contribution is 2.51. The first-order chi connectivity index (χ1) is 15.3. The van der Waals surface area contributed by atoms with Crippen molar-refractivity contribution in [2.45, 2.75) is 31.7 Å². The number of carbonyl (C=O) groups excluding carboxylic acids is 1. The van der Waals surface area contributed by atoms with E-state index in [1.54, 1.807) is 0 Å². The van der Waals surface area contributed by atoms with Gasteiger partial charge in [0.1, 0.15) is 5.82 Å². The lowest BCUT2D eigenvalue weighted by Crippen LogP contribution is -2.26. The molecular formula is C24H30N4O3S. The van der Waals surface area contributed by atoms with Crippen molar-refractivity contribution in [1.29, 1.82) is 0 Å². The molecule has 32 heavy (non-hydrogen) atoms. The summed E-state index contributed by atoms with van der Waals surface area (Å²) in [7, 11) is -2.82. The number of pyridine rings is 1. The molecule has 0 fully saturated rings. The molecule has 0 aliphatic carbocycles. The lowest BCUT2D eigenvalue weighted by atomic mass is 10.1. The van der Waals surface area contributed by atoms with E-state index in [0.717, 1.165) is 46.5 Å². The molecular weight excluding hydrogens is 424 g/mol. The fourth-order valence-corrected chi connectivity index (χ4v) is 5.53. The average molecular weight is 455 g/mol. The summed E-state index contributed by atoms with van der Waals surface area (Å²) in [4.78, 5) is 18.7. The first kappa shape index (κ1) is 22.4. The normalized spacial score (nSPS) is 16.2. The Bertz CT molecular complexity index is 1140. The number of amides is 1. The average Bonchev–Trinajstić information content (AvgIpc) is 2.89. The minimum atomic E-state index is -2.82. The Hall–Kier alpha value is -2.81. The minimum Gasteiger partial charge on any atom is -0.384 e. The number of benzene rings is 2. The van der Waals surface area contributed by atoms with Gasteiger partial charge in [0.25, 0.3) is 0 Å². The van der Waals surface area contributed by atoms with Crippen LogP contribution in [0.2, 0.25) is 0 Å². The number of carbonyl (C=O) groups is 1. The quantitative estimate of drug-likeness (QED) is 0.406. The Morgan fingerprint density at radius 3 is 2.78 bits per heavy atom. The molecule has 0 spiro atoms. The molecule has 2 heterocycles. The Labute approximate surface area is 190 Å². The van der Waals surface area contributed by atoms with E-state index in [9.17, 15) is 13.9 Å². The minimum absolute atomic E-state index is 0.0234. The maximum Gasteiger partial charge on any atom is 0.216 e. The summed E-state index contributed by atoms with van der Waals surface area (Å²) in [6.07, 6.45) is 0.808. The van der Waals surface area contributed by atoms with Crippen molar-refractivity contribution in [3.63, 3.8) is 0 Å². The number of nitrogens with one attached hydrogen (secondary N) is 2.